The van der Waals surface area contributed by atoms with Crippen LogP contribution in [-0.2, 0) is 23.8 Å². The van der Waals surface area contributed by atoms with E-state index in [0.29, 0.717) is 31.2 Å². The minimum absolute atomic E-state index is 0.0269. The summed E-state index contributed by atoms with van der Waals surface area (Å²) in [6, 6.07) is 6.90. The first-order valence-electron chi connectivity index (χ1n) is 7.58. The van der Waals surface area contributed by atoms with Gasteiger partial charge in [-0.1, -0.05) is 0 Å². The zero-order valence-corrected chi connectivity index (χ0v) is 13.2. The van der Waals surface area contributed by atoms with Gasteiger partial charge in [0.2, 0.25) is 5.91 Å². The molecular weight excluding hydrogens is 300 g/mol. The summed E-state index contributed by atoms with van der Waals surface area (Å²) in [5, 5.41) is 5.51. The van der Waals surface area contributed by atoms with Crippen molar-refractivity contribution in [3.05, 3.63) is 24.3 Å². The van der Waals surface area contributed by atoms with Crippen molar-refractivity contribution in [1.82, 2.24) is 0 Å². The topological polar surface area (TPSA) is 85.9 Å². The summed E-state index contributed by atoms with van der Waals surface area (Å²) in [6.07, 6.45) is 1.30. The van der Waals surface area contributed by atoms with Gasteiger partial charge in [-0.05, 0) is 37.1 Å². The van der Waals surface area contributed by atoms with Crippen molar-refractivity contribution in [3.8, 4) is 0 Å². The molecule has 0 aromatic heterocycles. The molecule has 126 valence electrons. The maximum Gasteiger partial charge on any atom is 0.253 e. The molecule has 0 radical (unpaired) electrons. The van der Waals surface area contributed by atoms with E-state index in [1.165, 1.54) is 0 Å². The van der Waals surface area contributed by atoms with Crippen molar-refractivity contribution in [2.45, 2.75) is 18.9 Å². The Hall–Kier alpha value is -1.96. The van der Waals surface area contributed by atoms with Crippen LogP contribution in [0.4, 0.5) is 11.4 Å². The Labute approximate surface area is 135 Å². The first-order chi connectivity index (χ1) is 11.2. The highest BCUT2D eigenvalue weighted by Crippen LogP contribution is 2.17. The Bertz CT molecular complexity index is 512. The number of benzene rings is 1. The van der Waals surface area contributed by atoms with Gasteiger partial charge in [-0.2, -0.15) is 0 Å². The van der Waals surface area contributed by atoms with E-state index in [2.05, 4.69) is 10.6 Å². The highest BCUT2D eigenvalue weighted by molar-refractivity contribution is 5.95. The fourth-order valence-corrected chi connectivity index (χ4v) is 2.15. The third-order valence-electron chi connectivity index (χ3n) is 3.32. The van der Waals surface area contributed by atoms with Crippen LogP contribution in [0.3, 0.4) is 0 Å². The van der Waals surface area contributed by atoms with E-state index in [9.17, 15) is 9.59 Å². The van der Waals surface area contributed by atoms with Gasteiger partial charge in [0.15, 0.2) is 0 Å². The van der Waals surface area contributed by atoms with Gasteiger partial charge in [-0.15, -0.1) is 0 Å². The van der Waals surface area contributed by atoms with Crippen molar-refractivity contribution in [2.24, 2.45) is 0 Å². The molecule has 0 bridgehead atoms. The predicted molar refractivity (Wildman–Crippen MR) is 85.4 cm³/mol. The van der Waals surface area contributed by atoms with Gasteiger partial charge in [0.05, 0.1) is 13.2 Å². The molecule has 1 aliphatic heterocycles. The summed E-state index contributed by atoms with van der Waals surface area (Å²) in [7, 11) is 1.57. The second-order valence-electron chi connectivity index (χ2n) is 5.16. The van der Waals surface area contributed by atoms with E-state index in [0.717, 1.165) is 12.8 Å². The Balaban J connectivity index is 1.75. The maximum absolute atomic E-state index is 11.9. The van der Waals surface area contributed by atoms with Crippen molar-refractivity contribution < 1.29 is 23.8 Å². The Morgan fingerprint density at radius 3 is 2.48 bits per heavy atom. The van der Waals surface area contributed by atoms with E-state index >= 15 is 0 Å². The number of ether oxygens (including phenoxy) is 3. The number of carbonyl (C=O) groups excluding carboxylic acids is 2. The number of hydrogen-bond donors (Lipinski definition) is 2. The molecule has 1 aromatic rings. The number of carbonyl (C=O) groups is 2. The lowest BCUT2D eigenvalue weighted by Gasteiger charge is -2.11. The lowest BCUT2D eigenvalue weighted by atomic mass is 10.2. The third-order valence-corrected chi connectivity index (χ3v) is 3.32. The molecule has 1 atom stereocenters. The fourth-order valence-electron chi connectivity index (χ4n) is 2.15. The van der Waals surface area contributed by atoms with Crippen molar-refractivity contribution in [3.63, 3.8) is 0 Å². The van der Waals surface area contributed by atoms with E-state index in [4.69, 9.17) is 14.2 Å². The highest BCUT2D eigenvalue weighted by atomic mass is 16.5. The average molecular weight is 322 g/mol. The van der Waals surface area contributed by atoms with Crippen LogP contribution >= 0.6 is 0 Å². The van der Waals surface area contributed by atoms with Gasteiger partial charge in [-0.3, -0.25) is 9.59 Å². The minimum atomic E-state index is -0.362. The summed E-state index contributed by atoms with van der Waals surface area (Å²) >= 11 is 0. The third kappa shape index (κ3) is 5.97. The first-order valence-corrected chi connectivity index (χ1v) is 7.58. The van der Waals surface area contributed by atoms with E-state index in [1.807, 2.05) is 0 Å². The largest absolute Gasteiger partial charge is 0.382 e. The van der Waals surface area contributed by atoms with Crippen LogP contribution < -0.4 is 10.6 Å². The molecule has 0 spiro atoms. The lowest BCUT2D eigenvalue weighted by Crippen LogP contribution is -2.26. The molecule has 2 rings (SSSR count). The number of methoxy groups -OCH3 is 1. The Kier molecular flexibility index (Phi) is 6.99. The second-order valence-corrected chi connectivity index (χ2v) is 5.16. The quantitative estimate of drug-likeness (QED) is 0.707. The average Bonchev–Trinajstić information content (AvgIpc) is 3.08. The normalized spacial score (nSPS) is 17.0. The summed E-state index contributed by atoms with van der Waals surface area (Å²) in [4.78, 5) is 23.6. The van der Waals surface area contributed by atoms with Gasteiger partial charge >= 0.3 is 0 Å². The summed E-state index contributed by atoms with van der Waals surface area (Å²) < 4.78 is 15.3. The zero-order chi connectivity index (χ0) is 16.5. The molecule has 1 unspecified atom stereocenters. The monoisotopic (exact) mass is 322 g/mol. The molecule has 1 fully saturated rings. The summed E-state index contributed by atoms with van der Waals surface area (Å²) in [5.41, 5.74) is 1.31. The smallest absolute Gasteiger partial charge is 0.253 e. The van der Waals surface area contributed by atoms with Gasteiger partial charge in [0.1, 0.15) is 12.7 Å². The first kappa shape index (κ1) is 17.4. The molecule has 7 nitrogen and oxygen atoms in total. The highest BCUT2D eigenvalue weighted by Gasteiger charge is 2.23. The predicted octanol–water partition coefficient (Wildman–Crippen LogP) is 1.41. The Morgan fingerprint density at radius 2 is 1.87 bits per heavy atom. The lowest BCUT2D eigenvalue weighted by molar-refractivity contribution is -0.124. The standard InChI is InChI=1S/C16H22N2O5/c1-21-9-10-22-11-15(19)17-12-4-6-13(7-5-12)18-16(20)14-3-2-8-23-14/h4-7,14H,2-3,8-11H2,1H3,(H,17,19)(H,18,20). The van der Waals surface area contributed by atoms with Crippen molar-refractivity contribution >= 4 is 23.2 Å². The molecule has 2 amide bonds. The van der Waals surface area contributed by atoms with Gasteiger partial charge in [-0.25, -0.2) is 0 Å². The Morgan fingerprint density at radius 1 is 1.17 bits per heavy atom. The van der Waals surface area contributed by atoms with Crippen LogP contribution in [0, 0.1) is 0 Å². The summed E-state index contributed by atoms with van der Waals surface area (Å²) in [5.74, 6) is -0.372. The van der Waals surface area contributed by atoms with Gasteiger partial charge < -0.3 is 24.8 Å². The molecule has 23 heavy (non-hydrogen) atoms. The molecule has 0 saturated carbocycles. The van der Waals surface area contributed by atoms with Gasteiger partial charge in [0, 0.05) is 25.1 Å². The van der Waals surface area contributed by atoms with Crippen molar-refractivity contribution in [2.75, 3.05) is 44.2 Å². The number of hydrogen-bond acceptors (Lipinski definition) is 5. The van der Waals surface area contributed by atoms with E-state index in [1.54, 1.807) is 31.4 Å². The molecule has 1 saturated heterocycles. The van der Waals surface area contributed by atoms with Crippen molar-refractivity contribution in [1.29, 1.82) is 0 Å². The van der Waals surface area contributed by atoms with Crippen LogP contribution in [0.25, 0.3) is 0 Å². The van der Waals surface area contributed by atoms with E-state index < -0.39 is 0 Å². The molecule has 2 N–H and O–H groups in total. The molecular formula is C16H22N2O5. The molecule has 1 aromatic carbocycles. The minimum Gasteiger partial charge on any atom is -0.382 e. The van der Waals surface area contributed by atoms with E-state index in [-0.39, 0.29) is 24.5 Å². The molecule has 1 heterocycles. The van der Waals surface area contributed by atoms with Crippen LogP contribution in [0.2, 0.25) is 0 Å². The number of amides is 2. The van der Waals surface area contributed by atoms with Crippen LogP contribution in [0.5, 0.6) is 0 Å². The van der Waals surface area contributed by atoms with Crippen LogP contribution in [0.1, 0.15) is 12.8 Å². The second kappa shape index (κ2) is 9.24. The number of anilines is 2. The molecule has 1 aliphatic rings. The molecule has 7 heteroatoms. The fraction of sp³-hybridized carbons (Fsp3) is 0.500. The maximum atomic E-state index is 11.9. The molecule has 0 aliphatic carbocycles. The summed E-state index contributed by atoms with van der Waals surface area (Å²) in [6.45, 7) is 1.43. The number of rotatable bonds is 8. The van der Waals surface area contributed by atoms with Crippen LogP contribution in [0.15, 0.2) is 24.3 Å². The van der Waals surface area contributed by atoms with Crippen LogP contribution in [-0.4, -0.2) is 51.5 Å². The zero-order valence-electron chi connectivity index (χ0n) is 13.2. The van der Waals surface area contributed by atoms with Gasteiger partial charge in [0.25, 0.3) is 5.91 Å². The number of nitrogens with one attached hydrogen (secondary N) is 2. The SMILES string of the molecule is COCCOCC(=O)Nc1ccc(NC(=O)C2CCCO2)cc1.